The molecule has 2 nitrogen and oxygen atoms in total. The van der Waals surface area contributed by atoms with E-state index in [1.54, 1.807) is 7.11 Å². The van der Waals surface area contributed by atoms with Crippen molar-refractivity contribution in [2.75, 3.05) is 7.11 Å². The standard InChI is InChI=1S/C33H36O2/c1-32(2,3)26-18-22(12-16-28(26)34)24-14-10-20-8-9-21-11-15-25(31(24)30(20)21)23-13-17-29(35-7)27(19-23)33(4,5)6/h10-19,34H,8-9H2,1-7H3. The van der Waals surface area contributed by atoms with Crippen LogP contribution in [-0.2, 0) is 23.7 Å². The third kappa shape index (κ3) is 3.99. The van der Waals surface area contributed by atoms with E-state index in [1.807, 2.05) is 6.07 Å². The summed E-state index contributed by atoms with van der Waals surface area (Å²) in [7, 11) is 1.75. The summed E-state index contributed by atoms with van der Waals surface area (Å²) in [4.78, 5) is 0. The molecule has 0 aromatic heterocycles. The van der Waals surface area contributed by atoms with E-state index in [4.69, 9.17) is 4.74 Å². The fourth-order valence-corrected chi connectivity index (χ4v) is 5.58. The molecule has 180 valence electrons. The van der Waals surface area contributed by atoms with Gasteiger partial charge in [0.1, 0.15) is 11.5 Å². The summed E-state index contributed by atoms with van der Waals surface area (Å²) < 4.78 is 5.72. The quantitative estimate of drug-likeness (QED) is 0.329. The number of methoxy groups -OCH3 is 1. The highest BCUT2D eigenvalue weighted by Crippen LogP contribution is 2.45. The zero-order valence-electron chi connectivity index (χ0n) is 22.0. The maximum absolute atomic E-state index is 10.6. The molecule has 0 amide bonds. The van der Waals surface area contributed by atoms with Gasteiger partial charge in [0.25, 0.3) is 0 Å². The lowest BCUT2D eigenvalue weighted by atomic mass is 9.82. The number of ether oxygens (including phenoxy) is 1. The van der Waals surface area contributed by atoms with Crippen LogP contribution in [-0.4, -0.2) is 12.2 Å². The van der Waals surface area contributed by atoms with E-state index in [0.29, 0.717) is 5.75 Å². The minimum absolute atomic E-state index is 0.0301. The monoisotopic (exact) mass is 464 g/mol. The predicted molar refractivity (Wildman–Crippen MR) is 148 cm³/mol. The van der Waals surface area contributed by atoms with Gasteiger partial charge in [-0.15, -0.1) is 0 Å². The van der Waals surface area contributed by atoms with Crippen LogP contribution in [0, 0.1) is 0 Å². The Bertz CT molecular complexity index is 1430. The highest BCUT2D eigenvalue weighted by molar-refractivity contribution is 6.10. The van der Waals surface area contributed by atoms with E-state index in [2.05, 4.69) is 96.1 Å². The van der Waals surface area contributed by atoms with Gasteiger partial charge in [0.2, 0.25) is 0 Å². The van der Waals surface area contributed by atoms with Gasteiger partial charge >= 0.3 is 0 Å². The Balaban J connectivity index is 1.82. The Morgan fingerprint density at radius 3 is 1.66 bits per heavy atom. The molecule has 0 fully saturated rings. The van der Waals surface area contributed by atoms with Crippen molar-refractivity contribution < 1.29 is 9.84 Å². The minimum atomic E-state index is -0.143. The van der Waals surface area contributed by atoms with E-state index in [-0.39, 0.29) is 10.8 Å². The zero-order valence-corrected chi connectivity index (χ0v) is 22.0. The molecule has 0 bridgehead atoms. The molecule has 4 aromatic rings. The molecule has 1 aliphatic rings. The predicted octanol–water partition coefficient (Wildman–Crippen LogP) is 8.58. The Morgan fingerprint density at radius 2 is 1.14 bits per heavy atom. The molecule has 0 saturated heterocycles. The number of aromatic hydroxyl groups is 1. The lowest BCUT2D eigenvalue weighted by Crippen LogP contribution is -2.13. The van der Waals surface area contributed by atoms with Gasteiger partial charge in [0.15, 0.2) is 0 Å². The molecule has 4 aromatic carbocycles. The van der Waals surface area contributed by atoms with Gasteiger partial charge in [0, 0.05) is 5.56 Å². The van der Waals surface area contributed by atoms with E-state index < -0.39 is 0 Å². The molecule has 35 heavy (non-hydrogen) atoms. The highest BCUT2D eigenvalue weighted by atomic mass is 16.5. The van der Waals surface area contributed by atoms with Crippen molar-refractivity contribution in [2.24, 2.45) is 0 Å². The molecule has 0 unspecified atom stereocenters. The van der Waals surface area contributed by atoms with Crippen LogP contribution in [0.5, 0.6) is 11.5 Å². The maximum Gasteiger partial charge on any atom is 0.122 e. The fraction of sp³-hybridized carbons (Fsp3) is 0.333. The van der Waals surface area contributed by atoms with Crippen LogP contribution < -0.4 is 4.74 Å². The number of hydrogen-bond donors (Lipinski definition) is 1. The van der Waals surface area contributed by atoms with Crippen LogP contribution in [0.3, 0.4) is 0 Å². The third-order valence-corrected chi connectivity index (χ3v) is 7.43. The lowest BCUT2D eigenvalue weighted by molar-refractivity contribution is 0.397. The van der Waals surface area contributed by atoms with Gasteiger partial charge < -0.3 is 9.84 Å². The molecule has 5 rings (SSSR count). The maximum atomic E-state index is 10.6. The van der Waals surface area contributed by atoms with Crippen LogP contribution in [0.1, 0.15) is 63.8 Å². The lowest BCUT2D eigenvalue weighted by Gasteiger charge is -2.24. The van der Waals surface area contributed by atoms with E-state index >= 15 is 0 Å². The topological polar surface area (TPSA) is 29.5 Å². The Hall–Kier alpha value is -3.26. The van der Waals surface area contributed by atoms with Crippen molar-refractivity contribution >= 4 is 10.8 Å². The first kappa shape index (κ1) is 23.5. The molecule has 1 N–H and O–H groups in total. The number of benzene rings is 4. The van der Waals surface area contributed by atoms with Crippen molar-refractivity contribution in [1.82, 2.24) is 0 Å². The second-order valence-electron chi connectivity index (χ2n) is 11.9. The number of phenols is 1. The highest BCUT2D eigenvalue weighted by Gasteiger charge is 2.24. The van der Waals surface area contributed by atoms with Crippen LogP contribution in [0.2, 0.25) is 0 Å². The number of phenolic OH excluding ortho intramolecular Hbond substituents is 1. The summed E-state index contributed by atoms with van der Waals surface area (Å²) in [5.41, 5.74) is 9.70. The summed E-state index contributed by atoms with van der Waals surface area (Å²) in [6.45, 7) is 13.1. The van der Waals surface area contributed by atoms with Gasteiger partial charge in [0.05, 0.1) is 7.11 Å². The first-order chi connectivity index (χ1) is 16.5. The van der Waals surface area contributed by atoms with Gasteiger partial charge in [-0.3, -0.25) is 0 Å². The van der Waals surface area contributed by atoms with Crippen molar-refractivity contribution in [1.29, 1.82) is 0 Å². The van der Waals surface area contributed by atoms with Gasteiger partial charge in [-0.1, -0.05) is 77.9 Å². The van der Waals surface area contributed by atoms with Crippen LogP contribution in [0.15, 0.2) is 60.7 Å². The van der Waals surface area contributed by atoms with Crippen LogP contribution in [0.25, 0.3) is 33.0 Å². The second kappa shape index (κ2) is 8.16. The molecule has 0 radical (unpaired) electrons. The van der Waals surface area contributed by atoms with Gasteiger partial charge in [-0.2, -0.15) is 0 Å². The van der Waals surface area contributed by atoms with E-state index in [1.165, 1.54) is 44.2 Å². The molecule has 0 saturated carbocycles. The van der Waals surface area contributed by atoms with E-state index in [9.17, 15) is 5.11 Å². The molecule has 2 heteroatoms. The van der Waals surface area contributed by atoms with E-state index in [0.717, 1.165) is 29.7 Å². The van der Waals surface area contributed by atoms with Gasteiger partial charge in [-0.25, -0.2) is 0 Å². The molecule has 0 heterocycles. The third-order valence-electron chi connectivity index (χ3n) is 7.43. The number of rotatable bonds is 3. The first-order valence-electron chi connectivity index (χ1n) is 12.6. The molecular formula is C33H36O2. The van der Waals surface area contributed by atoms with Crippen molar-refractivity contribution in [3.05, 3.63) is 82.9 Å². The fourth-order valence-electron chi connectivity index (χ4n) is 5.58. The van der Waals surface area contributed by atoms with Crippen LogP contribution >= 0.6 is 0 Å². The second-order valence-corrected chi connectivity index (χ2v) is 11.9. The average Bonchev–Trinajstić information content (AvgIpc) is 3.23. The van der Waals surface area contributed by atoms with Crippen LogP contribution in [0.4, 0.5) is 0 Å². The average molecular weight is 465 g/mol. The molecule has 0 atom stereocenters. The van der Waals surface area contributed by atoms with Gasteiger partial charge in [-0.05, 0) is 97.7 Å². The zero-order chi connectivity index (χ0) is 25.1. The summed E-state index contributed by atoms with van der Waals surface area (Å²) in [5.74, 6) is 1.29. The Morgan fingerprint density at radius 1 is 0.629 bits per heavy atom. The Kier molecular flexibility index (Phi) is 5.47. The molecule has 0 spiro atoms. The number of aryl methyl sites for hydroxylation is 2. The normalized spacial score (nSPS) is 13.5. The molecule has 1 aliphatic carbocycles. The van der Waals surface area contributed by atoms with Crippen molar-refractivity contribution in [3.8, 4) is 33.8 Å². The molecule has 0 aliphatic heterocycles. The van der Waals surface area contributed by atoms with Crippen molar-refractivity contribution in [3.63, 3.8) is 0 Å². The smallest absolute Gasteiger partial charge is 0.122 e. The number of hydrogen-bond acceptors (Lipinski definition) is 2. The first-order valence-corrected chi connectivity index (χ1v) is 12.6. The molecular weight excluding hydrogens is 428 g/mol. The summed E-state index contributed by atoms with van der Waals surface area (Å²) >= 11 is 0. The summed E-state index contributed by atoms with van der Waals surface area (Å²) in [6, 6.07) is 21.9. The Labute approximate surface area is 209 Å². The van der Waals surface area contributed by atoms with Crippen molar-refractivity contribution in [2.45, 2.75) is 65.2 Å². The minimum Gasteiger partial charge on any atom is -0.508 e. The summed E-state index contributed by atoms with van der Waals surface area (Å²) in [5, 5.41) is 13.3. The summed E-state index contributed by atoms with van der Waals surface area (Å²) in [6.07, 6.45) is 2.18. The largest absolute Gasteiger partial charge is 0.508 e. The SMILES string of the molecule is COc1ccc(-c2ccc3c4c(ccc(-c5ccc(O)c(C(C)(C)C)c5)c24)CC3)cc1C(C)(C)C.